The molecule has 1 aliphatic rings. The van der Waals surface area contributed by atoms with Gasteiger partial charge in [-0.05, 0) is 0 Å². The van der Waals surface area contributed by atoms with Gasteiger partial charge in [0.25, 0.3) is 0 Å². The van der Waals surface area contributed by atoms with Gasteiger partial charge in [-0.15, -0.1) is 5.55 Å². The van der Waals surface area contributed by atoms with E-state index in [0.29, 0.717) is 0 Å². The molecule has 0 aromatic rings. The molecule has 1 aliphatic heterocycles. The van der Waals surface area contributed by atoms with Gasteiger partial charge in [-0.2, -0.15) is 0 Å². The van der Waals surface area contributed by atoms with Crippen molar-refractivity contribution in [2.45, 2.75) is 12.2 Å². The summed E-state index contributed by atoms with van der Waals surface area (Å²) in [4.78, 5) is 13.7. The van der Waals surface area contributed by atoms with E-state index in [0.717, 1.165) is 0 Å². The Hall–Kier alpha value is 1.33. The first-order chi connectivity index (χ1) is 3.30. The number of hydrogen-bond donors (Lipinski definition) is 0. The predicted molar refractivity (Wildman–Crippen MR) is 29.5 cm³/mol. The van der Waals surface area contributed by atoms with Crippen LogP contribution >= 0.6 is 11.8 Å². The molecule has 0 N–H and O–H groups in total. The van der Waals surface area contributed by atoms with Crippen molar-refractivity contribution in [2.75, 3.05) is 0 Å². The third kappa shape index (κ3) is 2.29. The van der Waals surface area contributed by atoms with Gasteiger partial charge in [-0.25, -0.2) is 11.8 Å². The van der Waals surface area contributed by atoms with E-state index in [9.17, 15) is 4.79 Å². The summed E-state index contributed by atoms with van der Waals surface area (Å²) in [6, 6.07) is 0. The van der Waals surface area contributed by atoms with Gasteiger partial charge >= 0.3 is 51.4 Å². The minimum absolute atomic E-state index is 0. The summed E-state index contributed by atoms with van der Waals surface area (Å²) in [5.74, 6) is -0.0648. The molecule has 0 fully saturated rings. The molecule has 0 radical (unpaired) electrons. The number of nitrogens with zero attached hydrogens (tertiary/aromatic N) is 1. The van der Waals surface area contributed by atoms with Crippen molar-refractivity contribution in [2.24, 2.45) is 4.99 Å². The van der Waals surface area contributed by atoms with Gasteiger partial charge < -0.3 is 9.79 Å². The fourth-order valence-electron chi connectivity index (χ4n) is 0.292. The Kier molecular flexibility index (Phi) is 4.89. The summed E-state index contributed by atoms with van der Waals surface area (Å²) in [5, 5.41) is 0.0139. The van der Waals surface area contributed by atoms with E-state index in [4.69, 9.17) is 0 Å². The third-order valence-corrected chi connectivity index (χ3v) is 1.48. The summed E-state index contributed by atoms with van der Waals surface area (Å²) in [6.45, 7) is 1.82. The van der Waals surface area contributed by atoms with Crippen LogP contribution in [-0.4, -0.2) is 16.7 Å². The monoisotopic (exact) mass is 153 g/mol. The van der Waals surface area contributed by atoms with Crippen LogP contribution in [0, 0.1) is 0 Å². The van der Waals surface area contributed by atoms with Crippen molar-refractivity contribution in [3.63, 3.8) is 0 Å². The van der Waals surface area contributed by atoms with Gasteiger partial charge in [-0.1, -0.05) is 6.92 Å². The second kappa shape index (κ2) is 4.19. The van der Waals surface area contributed by atoms with Crippen LogP contribution in [0.3, 0.4) is 0 Å². The van der Waals surface area contributed by atoms with Crippen molar-refractivity contribution in [1.82, 2.24) is 0 Å². The molecular weight excluding hydrogens is 149 g/mol. The molecule has 2 nitrogen and oxygen atoms in total. The van der Waals surface area contributed by atoms with Crippen LogP contribution in [-0.2, 0) is 4.79 Å². The molecule has 4 heteroatoms. The normalized spacial score (nSPS) is 25.6. The van der Waals surface area contributed by atoms with Crippen LogP contribution in [0.5, 0.6) is 0 Å². The molecule has 1 heterocycles. The first-order valence-corrected chi connectivity index (χ1v) is 2.84. The maximum atomic E-state index is 10.3. The zero-order valence-corrected chi connectivity index (χ0v) is 8.78. The Bertz CT molecular complexity index is 125. The van der Waals surface area contributed by atoms with Crippen molar-refractivity contribution < 1.29 is 56.2 Å². The average molecular weight is 153 g/mol. The molecule has 8 heavy (non-hydrogen) atoms. The van der Waals surface area contributed by atoms with Gasteiger partial charge in [0.1, 0.15) is 0 Å². The molecule has 0 aliphatic carbocycles. The molecule has 0 aromatic heterocycles. The van der Waals surface area contributed by atoms with Gasteiger partial charge in [0.2, 0.25) is 0 Å². The number of carbonyl (C=O) groups is 1. The molecule has 0 aromatic carbocycles. The van der Waals surface area contributed by atoms with Gasteiger partial charge in [0.05, 0.1) is 5.91 Å². The summed E-state index contributed by atoms with van der Waals surface area (Å²) in [6.07, 6.45) is 0. The Labute approximate surface area is 94.9 Å². The standard InChI is InChI=1S/C4H4NOS.K/c1-3-4(6)5-2-7-3;/h3H,1H3;/q-1;+1. The Morgan fingerprint density at radius 3 is 2.62 bits per heavy atom. The Morgan fingerprint density at radius 1 is 1.88 bits per heavy atom. The average Bonchev–Trinajstić information content (AvgIpc) is 1.91. The zero-order chi connectivity index (χ0) is 5.28. The Morgan fingerprint density at radius 2 is 2.50 bits per heavy atom. The SMILES string of the molecule is CC1S[C-]=NC1=O.[K+]. The van der Waals surface area contributed by atoms with Gasteiger partial charge in [0.15, 0.2) is 0 Å². The van der Waals surface area contributed by atoms with E-state index in [1.54, 1.807) is 0 Å². The fraction of sp³-hybridized carbons (Fsp3) is 0.500. The molecule has 1 atom stereocenters. The zero-order valence-electron chi connectivity index (χ0n) is 4.84. The molecule has 0 saturated heterocycles. The maximum absolute atomic E-state index is 10.3. The van der Waals surface area contributed by atoms with Crippen molar-refractivity contribution in [3.05, 3.63) is 0 Å². The molecule has 1 unspecified atom stereocenters. The topological polar surface area (TPSA) is 29.4 Å². The van der Waals surface area contributed by atoms with Crippen molar-refractivity contribution in [3.8, 4) is 0 Å². The van der Waals surface area contributed by atoms with Gasteiger partial charge in [0, 0.05) is 5.25 Å². The largest absolute Gasteiger partial charge is 1.00 e. The number of amides is 1. The van der Waals surface area contributed by atoms with Crippen LogP contribution in [0.2, 0.25) is 0 Å². The van der Waals surface area contributed by atoms with E-state index in [2.05, 4.69) is 10.5 Å². The first-order valence-electron chi connectivity index (χ1n) is 1.96. The third-order valence-electron chi connectivity index (χ3n) is 0.733. The smallest absolute Gasteiger partial charge is 0.413 e. The van der Waals surface area contributed by atoms with E-state index < -0.39 is 0 Å². The number of carbonyl (C=O) groups excluding carboxylic acids is 1. The van der Waals surface area contributed by atoms with Crippen LogP contribution in [0.15, 0.2) is 4.99 Å². The van der Waals surface area contributed by atoms with Crippen LogP contribution < -0.4 is 51.4 Å². The van der Waals surface area contributed by atoms with Crippen molar-refractivity contribution in [1.29, 1.82) is 0 Å². The van der Waals surface area contributed by atoms with Gasteiger partial charge in [-0.3, -0.25) is 0 Å². The maximum Gasteiger partial charge on any atom is 1.00 e. The van der Waals surface area contributed by atoms with Crippen LogP contribution in [0.1, 0.15) is 6.92 Å². The molecule has 0 spiro atoms. The second-order valence-electron chi connectivity index (χ2n) is 1.30. The molecule has 38 valence electrons. The summed E-state index contributed by atoms with van der Waals surface area (Å²) in [7, 11) is 0. The Balaban J connectivity index is 0.000000490. The second-order valence-corrected chi connectivity index (χ2v) is 2.43. The molecule has 1 amide bonds. The fourth-order valence-corrected chi connectivity index (χ4v) is 0.746. The predicted octanol–water partition coefficient (Wildman–Crippen LogP) is -2.44. The van der Waals surface area contributed by atoms with E-state index in [1.807, 2.05) is 6.92 Å². The van der Waals surface area contributed by atoms with E-state index in [1.165, 1.54) is 11.8 Å². The molecular formula is C4H4KNOS. The molecule has 0 saturated carbocycles. The number of thioether (sulfide) groups is 1. The number of hydrogen-bond acceptors (Lipinski definition) is 2. The molecule has 0 bridgehead atoms. The minimum Gasteiger partial charge on any atom is -0.413 e. The van der Waals surface area contributed by atoms with E-state index in [-0.39, 0.29) is 62.5 Å². The first kappa shape index (κ1) is 9.33. The number of aliphatic imine (C=N–C) groups is 1. The summed E-state index contributed by atoms with van der Waals surface area (Å²) >= 11 is 1.34. The number of rotatable bonds is 0. The van der Waals surface area contributed by atoms with Crippen LogP contribution in [0.25, 0.3) is 0 Å². The minimum atomic E-state index is -0.0648. The van der Waals surface area contributed by atoms with Crippen LogP contribution in [0.4, 0.5) is 0 Å². The molecule has 1 rings (SSSR count). The van der Waals surface area contributed by atoms with Crippen molar-refractivity contribution >= 4 is 23.2 Å². The summed E-state index contributed by atoms with van der Waals surface area (Å²) in [5.41, 5.74) is 2.51. The quantitative estimate of drug-likeness (QED) is 0.286. The summed E-state index contributed by atoms with van der Waals surface area (Å²) < 4.78 is 0. The van der Waals surface area contributed by atoms with E-state index >= 15 is 0 Å².